The number of allylic oxidation sites excluding steroid dienone is 1. The molecule has 1 aliphatic rings. The lowest BCUT2D eigenvalue weighted by molar-refractivity contribution is -0.131. The van der Waals surface area contributed by atoms with E-state index in [0.29, 0.717) is 47.3 Å². The Labute approximate surface area is 116 Å². The molecule has 1 heterocycles. The zero-order valence-electron chi connectivity index (χ0n) is 10.6. The zero-order chi connectivity index (χ0) is 13.8. The molecular formula is C14H15ClO4. The fraction of sp³-hybridized carbons (Fsp3) is 0.357. The number of carbonyl (C=O) groups is 1. The van der Waals surface area contributed by atoms with Gasteiger partial charge in [-0.15, -0.1) is 0 Å². The van der Waals surface area contributed by atoms with Gasteiger partial charge >= 0.3 is 5.97 Å². The first kappa shape index (κ1) is 13.7. The van der Waals surface area contributed by atoms with Gasteiger partial charge in [-0.2, -0.15) is 0 Å². The molecule has 0 unspecified atom stereocenters. The molecule has 0 saturated heterocycles. The second-order valence-corrected chi connectivity index (χ2v) is 4.64. The molecule has 0 amide bonds. The molecule has 0 bridgehead atoms. The molecule has 0 radical (unpaired) electrons. The predicted molar refractivity (Wildman–Crippen MR) is 73.0 cm³/mol. The number of aliphatic carboxylic acids is 1. The van der Waals surface area contributed by atoms with Crippen molar-refractivity contribution in [1.29, 1.82) is 0 Å². The number of hydrogen-bond donors (Lipinski definition) is 1. The first-order chi connectivity index (χ1) is 9.11. The van der Waals surface area contributed by atoms with Gasteiger partial charge in [0.2, 0.25) is 0 Å². The Bertz CT molecular complexity index is 522. The van der Waals surface area contributed by atoms with E-state index in [1.54, 1.807) is 12.1 Å². The molecule has 0 atom stereocenters. The summed E-state index contributed by atoms with van der Waals surface area (Å²) in [5, 5.41) is 9.40. The van der Waals surface area contributed by atoms with Crippen LogP contribution in [0, 0.1) is 0 Å². The van der Waals surface area contributed by atoms with Gasteiger partial charge in [0.25, 0.3) is 0 Å². The summed E-state index contributed by atoms with van der Waals surface area (Å²) in [6.45, 7) is 2.97. The average Bonchev–Trinajstić information content (AvgIpc) is 2.37. The normalized spacial score (nSPS) is 14.3. The van der Waals surface area contributed by atoms with E-state index in [0.717, 1.165) is 6.42 Å². The van der Waals surface area contributed by atoms with Crippen molar-refractivity contribution in [3.8, 4) is 11.5 Å². The first-order valence-corrected chi connectivity index (χ1v) is 6.52. The number of benzene rings is 1. The van der Waals surface area contributed by atoms with Crippen LogP contribution in [-0.4, -0.2) is 24.3 Å². The Kier molecular flexibility index (Phi) is 4.32. The van der Waals surface area contributed by atoms with Gasteiger partial charge in [-0.1, -0.05) is 24.9 Å². The highest BCUT2D eigenvalue weighted by Crippen LogP contribution is 2.39. The first-order valence-electron chi connectivity index (χ1n) is 6.15. The standard InChI is InChI=1S/C14H15ClO4/c1-2-3-9(6-14(16)17)10-7-12-13(8-11(10)15)19-5-4-18-12/h6-8H,2-5H2,1H3,(H,16,17)/b9-6+. The lowest BCUT2D eigenvalue weighted by Crippen LogP contribution is -2.15. The molecule has 0 aromatic heterocycles. The monoisotopic (exact) mass is 282 g/mol. The zero-order valence-corrected chi connectivity index (χ0v) is 11.4. The third-order valence-electron chi connectivity index (χ3n) is 2.79. The van der Waals surface area contributed by atoms with E-state index in [2.05, 4.69) is 0 Å². The lowest BCUT2D eigenvalue weighted by Gasteiger charge is -2.20. The minimum absolute atomic E-state index is 0.477. The highest BCUT2D eigenvalue weighted by molar-refractivity contribution is 6.32. The van der Waals surface area contributed by atoms with Crippen molar-refractivity contribution in [2.75, 3.05) is 13.2 Å². The second-order valence-electron chi connectivity index (χ2n) is 4.23. The van der Waals surface area contributed by atoms with Crippen LogP contribution in [0.5, 0.6) is 11.5 Å². The lowest BCUT2D eigenvalue weighted by atomic mass is 10.00. The van der Waals surface area contributed by atoms with Crippen molar-refractivity contribution in [3.63, 3.8) is 0 Å². The van der Waals surface area contributed by atoms with Crippen LogP contribution >= 0.6 is 11.6 Å². The molecule has 0 fully saturated rings. The minimum atomic E-state index is -0.977. The van der Waals surface area contributed by atoms with Gasteiger partial charge in [0.05, 0.1) is 5.02 Å². The summed E-state index contributed by atoms with van der Waals surface area (Å²) in [5.41, 5.74) is 1.38. The Balaban J connectivity index is 2.44. The average molecular weight is 283 g/mol. The van der Waals surface area contributed by atoms with Crippen LogP contribution in [-0.2, 0) is 4.79 Å². The Morgan fingerprint density at radius 1 is 1.37 bits per heavy atom. The maximum Gasteiger partial charge on any atom is 0.328 e. The number of ether oxygens (including phenoxy) is 2. The molecule has 2 rings (SSSR count). The van der Waals surface area contributed by atoms with E-state index >= 15 is 0 Å². The van der Waals surface area contributed by atoms with Crippen LogP contribution in [0.4, 0.5) is 0 Å². The van der Waals surface area contributed by atoms with Crippen molar-refractivity contribution in [1.82, 2.24) is 0 Å². The van der Waals surface area contributed by atoms with Crippen molar-refractivity contribution < 1.29 is 19.4 Å². The SMILES string of the molecule is CCC/C(=C\C(=O)O)c1cc2c(cc1Cl)OCCO2. The summed E-state index contributed by atoms with van der Waals surface area (Å²) in [4.78, 5) is 10.9. The van der Waals surface area contributed by atoms with Crippen molar-refractivity contribution in [2.24, 2.45) is 0 Å². The molecule has 1 aliphatic heterocycles. The van der Waals surface area contributed by atoms with Crippen LogP contribution < -0.4 is 9.47 Å². The summed E-state index contributed by atoms with van der Waals surface area (Å²) in [7, 11) is 0. The maximum atomic E-state index is 10.9. The third kappa shape index (κ3) is 3.20. The van der Waals surface area contributed by atoms with Crippen LogP contribution in [0.25, 0.3) is 5.57 Å². The van der Waals surface area contributed by atoms with Crippen molar-refractivity contribution >= 4 is 23.1 Å². The molecule has 1 aromatic rings. The van der Waals surface area contributed by atoms with Gasteiger partial charge in [0.15, 0.2) is 11.5 Å². The summed E-state index contributed by atoms with van der Waals surface area (Å²) in [6, 6.07) is 3.43. The molecule has 0 aliphatic carbocycles. The van der Waals surface area contributed by atoms with E-state index < -0.39 is 5.97 Å². The van der Waals surface area contributed by atoms with Crippen LogP contribution in [0.2, 0.25) is 5.02 Å². The number of hydrogen-bond acceptors (Lipinski definition) is 3. The summed E-state index contributed by atoms with van der Waals surface area (Å²) in [5.74, 6) is 0.235. The fourth-order valence-corrected chi connectivity index (χ4v) is 2.29. The quantitative estimate of drug-likeness (QED) is 0.860. The van der Waals surface area contributed by atoms with Gasteiger partial charge in [-0.05, 0) is 18.1 Å². The number of fused-ring (bicyclic) bond motifs is 1. The van der Waals surface area contributed by atoms with Crippen molar-refractivity contribution in [2.45, 2.75) is 19.8 Å². The predicted octanol–water partition coefficient (Wildman–Crippen LogP) is 3.38. The van der Waals surface area contributed by atoms with Gasteiger partial charge < -0.3 is 14.6 Å². The smallest absolute Gasteiger partial charge is 0.328 e. The van der Waals surface area contributed by atoms with Gasteiger partial charge in [-0.3, -0.25) is 0 Å². The number of halogens is 1. The largest absolute Gasteiger partial charge is 0.486 e. The van der Waals surface area contributed by atoms with Gasteiger partial charge in [0, 0.05) is 17.7 Å². The van der Waals surface area contributed by atoms with Crippen LogP contribution in [0.1, 0.15) is 25.3 Å². The highest BCUT2D eigenvalue weighted by Gasteiger charge is 2.17. The van der Waals surface area contributed by atoms with Crippen molar-refractivity contribution in [3.05, 3.63) is 28.8 Å². The summed E-state index contributed by atoms with van der Waals surface area (Å²) < 4.78 is 10.9. The molecule has 1 aromatic carbocycles. The molecular weight excluding hydrogens is 268 g/mol. The second kappa shape index (κ2) is 5.97. The van der Waals surface area contributed by atoms with Crippen LogP contribution in [0.3, 0.4) is 0 Å². The third-order valence-corrected chi connectivity index (χ3v) is 3.11. The summed E-state index contributed by atoms with van der Waals surface area (Å²) in [6.07, 6.45) is 2.68. The Morgan fingerprint density at radius 2 is 2.00 bits per heavy atom. The Hall–Kier alpha value is -1.68. The van der Waals surface area contributed by atoms with E-state index in [9.17, 15) is 4.79 Å². The number of rotatable bonds is 4. The van der Waals surface area contributed by atoms with Gasteiger partial charge in [-0.25, -0.2) is 4.79 Å². The molecule has 5 heteroatoms. The van der Waals surface area contributed by atoms with E-state index in [4.69, 9.17) is 26.2 Å². The van der Waals surface area contributed by atoms with E-state index in [1.807, 2.05) is 6.92 Å². The highest BCUT2D eigenvalue weighted by atomic mass is 35.5. The van der Waals surface area contributed by atoms with E-state index in [1.165, 1.54) is 6.08 Å². The van der Waals surface area contributed by atoms with Crippen LogP contribution in [0.15, 0.2) is 18.2 Å². The summed E-state index contributed by atoms with van der Waals surface area (Å²) >= 11 is 6.21. The molecule has 0 saturated carbocycles. The molecule has 0 spiro atoms. The molecule has 4 nitrogen and oxygen atoms in total. The minimum Gasteiger partial charge on any atom is -0.486 e. The number of carboxylic acid groups (broad SMARTS) is 1. The van der Waals surface area contributed by atoms with E-state index in [-0.39, 0.29) is 0 Å². The van der Waals surface area contributed by atoms with Gasteiger partial charge in [0.1, 0.15) is 13.2 Å². The topological polar surface area (TPSA) is 55.8 Å². The Morgan fingerprint density at radius 3 is 2.58 bits per heavy atom. The molecule has 1 N–H and O–H groups in total. The molecule has 19 heavy (non-hydrogen) atoms. The fourth-order valence-electron chi connectivity index (χ4n) is 2.01. The molecule has 102 valence electrons. The maximum absolute atomic E-state index is 10.9. The number of carboxylic acids is 1.